The summed E-state index contributed by atoms with van der Waals surface area (Å²) in [6.07, 6.45) is 5.76. The molecule has 2 aliphatic heterocycles. The molecule has 0 amide bonds. The predicted octanol–water partition coefficient (Wildman–Crippen LogP) is 2.00. The van der Waals surface area contributed by atoms with Crippen LogP contribution in [0.25, 0.3) is 0 Å². The lowest BCUT2D eigenvalue weighted by atomic mass is 9.48. The van der Waals surface area contributed by atoms with Gasteiger partial charge in [0.05, 0.1) is 30.3 Å². The van der Waals surface area contributed by atoms with Gasteiger partial charge in [-0.1, -0.05) is 12.5 Å². The van der Waals surface area contributed by atoms with Crippen LogP contribution in [-0.2, 0) is 21.3 Å². The van der Waals surface area contributed by atoms with E-state index in [9.17, 15) is 10.2 Å². The van der Waals surface area contributed by atoms with Gasteiger partial charge in [0.1, 0.15) is 6.10 Å². The molecule has 1 aromatic rings. The van der Waals surface area contributed by atoms with Crippen LogP contribution in [0.4, 0.5) is 0 Å². The fourth-order valence-corrected chi connectivity index (χ4v) is 7.24. The quantitative estimate of drug-likeness (QED) is 0.468. The van der Waals surface area contributed by atoms with E-state index in [1.165, 1.54) is 24.8 Å². The Hall–Kier alpha value is -1.38. The normalized spacial score (nSPS) is 37.5. The summed E-state index contributed by atoms with van der Waals surface area (Å²) < 4.78 is 22.9. The second kappa shape index (κ2) is 7.84. The minimum Gasteiger partial charge on any atom is -0.482 e. The second-order valence-electron chi connectivity index (χ2n) is 10.4. The van der Waals surface area contributed by atoms with Gasteiger partial charge in [-0.2, -0.15) is 0 Å². The van der Waals surface area contributed by atoms with Gasteiger partial charge in [0.15, 0.2) is 18.3 Å². The second-order valence-corrected chi connectivity index (χ2v) is 10.4. The van der Waals surface area contributed by atoms with E-state index in [1.54, 1.807) is 7.11 Å². The Balaban J connectivity index is 1.36. The number of piperidine rings is 1. The maximum absolute atomic E-state index is 12.4. The third-order valence-corrected chi connectivity index (χ3v) is 8.97. The first kappa shape index (κ1) is 21.2. The van der Waals surface area contributed by atoms with Gasteiger partial charge < -0.3 is 29.2 Å². The van der Waals surface area contributed by atoms with Crippen molar-refractivity contribution in [3.63, 3.8) is 0 Å². The molecule has 0 aromatic heterocycles. The van der Waals surface area contributed by atoms with Crippen molar-refractivity contribution >= 4 is 0 Å². The molecule has 2 bridgehead atoms. The van der Waals surface area contributed by atoms with Gasteiger partial charge in [0.25, 0.3) is 0 Å². The highest BCUT2D eigenvalue weighted by Crippen LogP contribution is 2.65. The molecule has 3 aliphatic carbocycles. The van der Waals surface area contributed by atoms with Crippen molar-refractivity contribution in [3.05, 3.63) is 23.3 Å². The molecule has 1 saturated heterocycles. The zero-order valence-corrected chi connectivity index (χ0v) is 18.9. The molecule has 2 N–H and O–H groups in total. The average molecular weight is 446 g/mol. The number of methoxy groups -OCH3 is 1. The first-order valence-electron chi connectivity index (χ1n) is 12.3. The molecule has 7 nitrogen and oxygen atoms in total. The first-order valence-corrected chi connectivity index (χ1v) is 12.3. The third-order valence-electron chi connectivity index (χ3n) is 8.97. The number of benzene rings is 1. The molecule has 1 spiro atoms. The smallest absolute Gasteiger partial charge is 0.189 e. The molecular formula is C25H35NO6. The first-order chi connectivity index (χ1) is 15.6. The minimum atomic E-state index is -0.884. The molecule has 2 saturated carbocycles. The fraction of sp³-hybridized carbons (Fsp3) is 0.760. The fourth-order valence-electron chi connectivity index (χ4n) is 7.24. The molecule has 0 radical (unpaired) electrons. The van der Waals surface area contributed by atoms with Crippen LogP contribution in [0, 0.1) is 5.92 Å². The molecule has 5 aliphatic rings. The lowest BCUT2D eigenvalue weighted by Gasteiger charge is -2.64. The zero-order chi connectivity index (χ0) is 21.9. The number of hydrogen-bond acceptors (Lipinski definition) is 7. The summed E-state index contributed by atoms with van der Waals surface area (Å²) in [7, 11) is 1.64. The van der Waals surface area contributed by atoms with E-state index in [0.29, 0.717) is 37.6 Å². The number of hydrogen-bond donors (Lipinski definition) is 2. The van der Waals surface area contributed by atoms with E-state index in [2.05, 4.69) is 11.0 Å². The lowest BCUT2D eigenvalue weighted by molar-refractivity contribution is -0.209. The standard InChI is InChI=1S/C25H35NO6/c1-29-11-12-30-15-31-19-6-5-17-13-20-25(28)8-7-18(27)23-24(25,21(17)22(19)32-23)9-10-26(20)14-16-3-2-4-16/h5-6,16,18,20,23,27-28H,2-4,7-15H2,1H3/t18-,20+,23-,24-,25+/m0/s1. The molecule has 176 valence electrons. The maximum Gasteiger partial charge on any atom is 0.189 e. The van der Waals surface area contributed by atoms with Crippen LogP contribution in [0.5, 0.6) is 11.5 Å². The Morgan fingerprint density at radius 2 is 2.06 bits per heavy atom. The average Bonchev–Trinajstić information content (AvgIpc) is 3.11. The summed E-state index contributed by atoms with van der Waals surface area (Å²) in [6, 6.07) is 4.18. The molecule has 3 fully saturated rings. The van der Waals surface area contributed by atoms with Gasteiger partial charge in [0.2, 0.25) is 0 Å². The maximum atomic E-state index is 12.4. The van der Waals surface area contributed by atoms with Crippen molar-refractivity contribution in [1.29, 1.82) is 0 Å². The molecule has 0 unspecified atom stereocenters. The van der Waals surface area contributed by atoms with E-state index in [0.717, 1.165) is 37.4 Å². The van der Waals surface area contributed by atoms with Gasteiger partial charge in [-0.15, -0.1) is 0 Å². The largest absolute Gasteiger partial charge is 0.482 e. The van der Waals surface area contributed by atoms with E-state index in [1.807, 2.05) is 6.07 Å². The number of likely N-dealkylation sites (tertiary alicyclic amines) is 1. The van der Waals surface area contributed by atoms with Crippen LogP contribution in [0.15, 0.2) is 12.1 Å². The Bertz CT molecular complexity index is 874. The van der Waals surface area contributed by atoms with Crippen LogP contribution < -0.4 is 9.47 Å². The molecule has 32 heavy (non-hydrogen) atoms. The van der Waals surface area contributed by atoms with Crippen molar-refractivity contribution in [3.8, 4) is 11.5 Å². The Morgan fingerprint density at radius 1 is 1.19 bits per heavy atom. The summed E-state index contributed by atoms with van der Waals surface area (Å²) in [5, 5.41) is 23.4. The third kappa shape index (κ3) is 2.84. The molecule has 2 heterocycles. The van der Waals surface area contributed by atoms with Crippen molar-refractivity contribution in [2.24, 2.45) is 5.92 Å². The topological polar surface area (TPSA) is 80.6 Å². The Morgan fingerprint density at radius 3 is 2.84 bits per heavy atom. The molecule has 6 rings (SSSR count). The number of aliphatic hydroxyl groups is 2. The van der Waals surface area contributed by atoms with Gasteiger partial charge >= 0.3 is 0 Å². The Labute approximate surface area is 189 Å². The van der Waals surface area contributed by atoms with Gasteiger partial charge in [-0.05, 0) is 62.6 Å². The molecule has 5 atom stereocenters. The van der Waals surface area contributed by atoms with Crippen molar-refractivity contribution in [1.82, 2.24) is 4.90 Å². The predicted molar refractivity (Wildman–Crippen MR) is 117 cm³/mol. The lowest BCUT2D eigenvalue weighted by Crippen LogP contribution is -2.77. The minimum absolute atomic E-state index is 0.0815. The van der Waals surface area contributed by atoms with Gasteiger partial charge in [-0.3, -0.25) is 4.90 Å². The van der Waals surface area contributed by atoms with Crippen LogP contribution in [0.3, 0.4) is 0 Å². The number of rotatable bonds is 8. The number of aliphatic hydroxyl groups excluding tert-OH is 1. The van der Waals surface area contributed by atoms with Crippen LogP contribution in [-0.4, -0.2) is 79.2 Å². The van der Waals surface area contributed by atoms with Gasteiger partial charge in [-0.25, -0.2) is 0 Å². The molecular weight excluding hydrogens is 410 g/mol. The summed E-state index contributed by atoms with van der Waals surface area (Å²) in [5.74, 6) is 2.10. The monoisotopic (exact) mass is 445 g/mol. The highest BCUT2D eigenvalue weighted by atomic mass is 16.7. The number of ether oxygens (including phenoxy) is 4. The van der Waals surface area contributed by atoms with Crippen LogP contribution >= 0.6 is 0 Å². The Kier molecular flexibility index (Phi) is 5.19. The van der Waals surface area contributed by atoms with E-state index >= 15 is 0 Å². The van der Waals surface area contributed by atoms with E-state index in [4.69, 9.17) is 18.9 Å². The van der Waals surface area contributed by atoms with Crippen molar-refractivity contribution in [2.45, 2.75) is 74.2 Å². The SMILES string of the molecule is COCCOCOc1ccc2c3c1O[C@H]1[C@@H](O)CC[C@@]4(O)[C@@H](C2)N(CC2CCC2)CC[C@]314. The summed E-state index contributed by atoms with van der Waals surface area (Å²) in [6.45, 7) is 3.11. The molecule has 1 aromatic carbocycles. The summed E-state index contributed by atoms with van der Waals surface area (Å²) in [5.41, 5.74) is 0.866. The number of nitrogens with zero attached hydrogens (tertiary/aromatic N) is 1. The summed E-state index contributed by atoms with van der Waals surface area (Å²) >= 11 is 0. The van der Waals surface area contributed by atoms with Crippen LogP contribution in [0.2, 0.25) is 0 Å². The zero-order valence-electron chi connectivity index (χ0n) is 18.9. The van der Waals surface area contributed by atoms with E-state index < -0.39 is 23.2 Å². The van der Waals surface area contributed by atoms with Gasteiger partial charge in [0, 0.05) is 25.3 Å². The van der Waals surface area contributed by atoms with Crippen molar-refractivity contribution in [2.75, 3.05) is 40.2 Å². The van der Waals surface area contributed by atoms with Crippen LogP contribution in [0.1, 0.15) is 49.7 Å². The summed E-state index contributed by atoms with van der Waals surface area (Å²) in [4.78, 5) is 2.55. The highest BCUT2D eigenvalue weighted by Gasteiger charge is 2.72. The molecule has 7 heteroatoms. The van der Waals surface area contributed by atoms with Crippen molar-refractivity contribution < 1.29 is 29.2 Å². The van der Waals surface area contributed by atoms with E-state index in [-0.39, 0.29) is 12.8 Å². The highest BCUT2D eigenvalue weighted by molar-refractivity contribution is 5.63.